The molecular weight excluding hydrogens is 342 g/mol. The number of nitrogens with one attached hydrogen (secondary N) is 1. The van der Waals surface area contributed by atoms with Crippen LogP contribution in [0.25, 0.3) is 10.9 Å². The number of esters is 1. The van der Waals surface area contributed by atoms with Gasteiger partial charge in [0.15, 0.2) is 0 Å². The van der Waals surface area contributed by atoms with Crippen LogP contribution in [0.1, 0.15) is 34.2 Å². The molecule has 0 fully saturated rings. The minimum Gasteiger partial charge on any atom is -0.461 e. The quantitative estimate of drug-likeness (QED) is 0.725. The molecule has 2 heterocycles. The Kier molecular flexibility index (Phi) is 4.81. The third kappa shape index (κ3) is 3.39. The number of rotatable bonds is 4. The first-order chi connectivity index (χ1) is 12.0. The minimum absolute atomic E-state index is 0.169. The third-order valence-electron chi connectivity index (χ3n) is 3.80. The summed E-state index contributed by atoms with van der Waals surface area (Å²) in [5.74, 6) is -0.753. The second-order valence-electron chi connectivity index (χ2n) is 5.57. The first kappa shape index (κ1) is 17.1. The molecule has 0 aliphatic rings. The van der Waals surface area contributed by atoms with Crippen LogP contribution in [0.3, 0.4) is 0 Å². The molecule has 0 atom stereocenters. The normalized spacial score (nSPS) is 10.8. The second kappa shape index (κ2) is 7.03. The van der Waals surface area contributed by atoms with Gasteiger partial charge in [-0.25, -0.2) is 4.79 Å². The summed E-state index contributed by atoms with van der Waals surface area (Å²) in [5.41, 5.74) is 2.40. The molecule has 0 unspecified atom stereocenters. The van der Waals surface area contributed by atoms with Crippen LogP contribution < -0.4 is 5.43 Å². The lowest BCUT2D eigenvalue weighted by atomic mass is 10.0. The summed E-state index contributed by atoms with van der Waals surface area (Å²) >= 11 is 6.44. The Morgan fingerprint density at radius 3 is 2.76 bits per heavy atom. The van der Waals surface area contributed by atoms with Crippen molar-refractivity contribution in [1.29, 1.82) is 0 Å². The summed E-state index contributed by atoms with van der Waals surface area (Å²) < 4.78 is 4.84. The van der Waals surface area contributed by atoms with Crippen molar-refractivity contribution >= 4 is 28.5 Å². The van der Waals surface area contributed by atoms with E-state index in [4.69, 9.17) is 16.3 Å². The highest BCUT2D eigenvalue weighted by Gasteiger charge is 2.18. The largest absolute Gasteiger partial charge is 0.461 e. The summed E-state index contributed by atoms with van der Waals surface area (Å²) in [6.45, 7) is 3.75. The average Bonchev–Trinajstić information content (AvgIpc) is 2.60. The van der Waals surface area contributed by atoms with Crippen molar-refractivity contribution in [2.75, 3.05) is 6.61 Å². The molecule has 6 nitrogen and oxygen atoms in total. The first-order valence-electron chi connectivity index (χ1n) is 7.79. The van der Waals surface area contributed by atoms with Crippen LogP contribution in [-0.4, -0.2) is 27.8 Å². The lowest BCUT2D eigenvalue weighted by Crippen LogP contribution is -2.21. The molecule has 3 aromatic rings. The highest BCUT2D eigenvalue weighted by Crippen LogP contribution is 2.26. The van der Waals surface area contributed by atoms with Gasteiger partial charge in [-0.2, -0.15) is 5.10 Å². The maximum atomic E-state index is 12.5. The van der Waals surface area contributed by atoms with Gasteiger partial charge in [-0.1, -0.05) is 23.7 Å². The Morgan fingerprint density at radius 2 is 2.08 bits per heavy atom. The predicted octanol–water partition coefficient (Wildman–Crippen LogP) is 3.05. The molecule has 0 amide bonds. The summed E-state index contributed by atoms with van der Waals surface area (Å²) in [4.78, 5) is 28.5. The Labute approximate surface area is 148 Å². The number of H-pyrrole nitrogens is 1. The molecule has 0 radical (unpaired) electrons. The van der Waals surface area contributed by atoms with Crippen LogP contribution in [0.4, 0.5) is 0 Å². The number of nitrogens with zero attached hydrogens (tertiary/aromatic N) is 2. The zero-order chi connectivity index (χ0) is 18.0. The number of benzene rings is 1. The predicted molar refractivity (Wildman–Crippen MR) is 95.1 cm³/mol. The maximum absolute atomic E-state index is 12.5. The summed E-state index contributed by atoms with van der Waals surface area (Å²) in [5, 5.41) is 7.24. The van der Waals surface area contributed by atoms with Gasteiger partial charge in [-0.15, -0.1) is 0 Å². The number of aromatic nitrogens is 3. The monoisotopic (exact) mass is 357 g/mol. The average molecular weight is 358 g/mol. The molecule has 0 aliphatic carbocycles. The van der Waals surface area contributed by atoms with Crippen molar-refractivity contribution in [3.63, 3.8) is 0 Å². The molecule has 0 spiro atoms. The smallest absolute Gasteiger partial charge is 0.362 e. The van der Waals surface area contributed by atoms with Crippen LogP contribution >= 0.6 is 11.6 Å². The van der Waals surface area contributed by atoms with E-state index in [-0.39, 0.29) is 12.3 Å². The van der Waals surface area contributed by atoms with E-state index in [0.29, 0.717) is 22.3 Å². The van der Waals surface area contributed by atoms with Crippen LogP contribution in [0.15, 0.2) is 35.3 Å². The molecule has 1 N–H and O–H groups in total. The number of ether oxygens (including phenoxy) is 1. The van der Waals surface area contributed by atoms with Gasteiger partial charge >= 0.3 is 5.97 Å². The fourth-order valence-electron chi connectivity index (χ4n) is 2.51. The van der Waals surface area contributed by atoms with E-state index in [1.54, 1.807) is 25.3 Å². The zero-order valence-corrected chi connectivity index (χ0v) is 14.6. The van der Waals surface area contributed by atoms with Crippen molar-refractivity contribution < 1.29 is 9.53 Å². The number of hydrogen-bond donors (Lipinski definition) is 1. The summed E-state index contributed by atoms with van der Waals surface area (Å²) in [7, 11) is 0. The van der Waals surface area contributed by atoms with Gasteiger partial charge < -0.3 is 4.74 Å². The lowest BCUT2D eigenvalue weighted by molar-refractivity contribution is 0.0517. The number of hydrogen-bond acceptors (Lipinski definition) is 5. The summed E-state index contributed by atoms with van der Waals surface area (Å²) in [6.07, 6.45) is 2.37. The molecule has 0 saturated carbocycles. The molecule has 0 saturated heterocycles. The Hall–Kier alpha value is -2.73. The van der Waals surface area contributed by atoms with E-state index in [1.807, 2.05) is 19.1 Å². The molecule has 7 heteroatoms. The lowest BCUT2D eigenvalue weighted by Gasteiger charge is -2.08. The van der Waals surface area contributed by atoms with Crippen LogP contribution in [0, 0.1) is 6.92 Å². The van der Waals surface area contributed by atoms with Crippen LogP contribution in [0.5, 0.6) is 0 Å². The van der Waals surface area contributed by atoms with Crippen LogP contribution in [-0.2, 0) is 11.2 Å². The third-order valence-corrected chi connectivity index (χ3v) is 4.23. The Morgan fingerprint density at radius 1 is 1.28 bits per heavy atom. The van der Waals surface area contributed by atoms with Gasteiger partial charge in [0, 0.05) is 18.3 Å². The number of carbonyl (C=O) groups excluding carboxylic acids is 1. The molecular formula is C18H16ClN3O3. The van der Waals surface area contributed by atoms with Crippen molar-refractivity contribution in [1.82, 2.24) is 15.2 Å². The molecule has 2 aromatic heterocycles. The van der Waals surface area contributed by atoms with Crippen molar-refractivity contribution in [3.05, 3.63) is 68.2 Å². The Bertz CT molecular complexity index is 997. The van der Waals surface area contributed by atoms with Crippen molar-refractivity contribution in [2.45, 2.75) is 20.3 Å². The number of aromatic amines is 1. The van der Waals surface area contributed by atoms with E-state index in [9.17, 15) is 9.59 Å². The fourth-order valence-corrected chi connectivity index (χ4v) is 2.78. The van der Waals surface area contributed by atoms with E-state index < -0.39 is 11.4 Å². The van der Waals surface area contributed by atoms with Crippen molar-refractivity contribution in [2.24, 2.45) is 0 Å². The maximum Gasteiger partial charge on any atom is 0.362 e. The first-order valence-corrected chi connectivity index (χ1v) is 8.17. The zero-order valence-electron chi connectivity index (χ0n) is 13.8. The van der Waals surface area contributed by atoms with E-state index in [0.717, 1.165) is 16.8 Å². The van der Waals surface area contributed by atoms with Gasteiger partial charge in [-0.3, -0.25) is 14.9 Å². The van der Waals surface area contributed by atoms with Gasteiger partial charge in [-0.05, 0) is 37.1 Å². The van der Waals surface area contributed by atoms with Gasteiger partial charge in [0.25, 0.3) is 0 Å². The second-order valence-corrected chi connectivity index (χ2v) is 5.95. The Balaban J connectivity index is 2.03. The molecule has 128 valence electrons. The highest BCUT2D eigenvalue weighted by atomic mass is 35.5. The van der Waals surface area contributed by atoms with E-state index >= 15 is 0 Å². The summed E-state index contributed by atoms with van der Waals surface area (Å²) in [6, 6.07) is 7.32. The number of aryl methyl sites for hydroxylation is 1. The molecule has 0 bridgehead atoms. The SMILES string of the molecule is CCOC(=O)c1n[nH]c2c(Cl)c(Cc3ccc(C)nc3)ccc2c1=O. The molecule has 25 heavy (non-hydrogen) atoms. The van der Waals surface area contributed by atoms with Gasteiger partial charge in [0.2, 0.25) is 11.1 Å². The van der Waals surface area contributed by atoms with Crippen LogP contribution in [0.2, 0.25) is 5.02 Å². The van der Waals surface area contributed by atoms with Gasteiger partial charge in [0.05, 0.1) is 22.5 Å². The number of carbonyl (C=O) groups is 1. The molecule has 1 aromatic carbocycles. The van der Waals surface area contributed by atoms with E-state index in [2.05, 4.69) is 15.2 Å². The minimum atomic E-state index is -0.753. The van der Waals surface area contributed by atoms with E-state index in [1.165, 1.54) is 0 Å². The topological polar surface area (TPSA) is 84.9 Å². The van der Waals surface area contributed by atoms with Gasteiger partial charge in [0.1, 0.15) is 0 Å². The standard InChI is InChI=1S/C18H16ClN3O3/c1-3-25-18(24)16-17(23)13-7-6-12(14(19)15(13)21-22-16)8-11-5-4-10(2)20-9-11/h4-7,9H,3,8H2,1-2H3,(H,21,23). The molecule has 3 rings (SSSR count). The fraction of sp³-hybridized carbons (Fsp3) is 0.222. The highest BCUT2D eigenvalue weighted by molar-refractivity contribution is 6.35. The number of pyridine rings is 1. The van der Waals surface area contributed by atoms with Crippen molar-refractivity contribution in [3.8, 4) is 0 Å². The number of fused-ring (bicyclic) bond motifs is 1. The number of halogens is 1. The molecule has 0 aliphatic heterocycles.